The Kier molecular flexibility index (Phi) is 6.22. The van der Waals surface area contributed by atoms with E-state index in [1.165, 1.54) is 16.7 Å². The summed E-state index contributed by atoms with van der Waals surface area (Å²) < 4.78 is 10.9. The third kappa shape index (κ3) is 4.56. The Bertz CT molecular complexity index is 1050. The molecule has 0 amide bonds. The summed E-state index contributed by atoms with van der Waals surface area (Å²) >= 11 is 0. The second-order valence-corrected chi connectivity index (χ2v) is 8.57. The van der Waals surface area contributed by atoms with E-state index in [1.807, 2.05) is 24.4 Å². The van der Waals surface area contributed by atoms with Crippen LogP contribution in [0.4, 0.5) is 0 Å². The zero-order valence-electron chi connectivity index (χ0n) is 18.6. The van der Waals surface area contributed by atoms with Gasteiger partial charge in [0.25, 0.3) is 0 Å². The molecule has 0 bridgehead atoms. The Morgan fingerprint density at radius 2 is 1.62 bits per heavy atom. The van der Waals surface area contributed by atoms with Crippen molar-refractivity contribution in [3.8, 4) is 11.5 Å². The molecule has 164 valence electrons. The van der Waals surface area contributed by atoms with Gasteiger partial charge in [-0.3, -0.25) is 9.89 Å². The highest BCUT2D eigenvalue weighted by molar-refractivity contribution is 5.81. The van der Waals surface area contributed by atoms with Crippen molar-refractivity contribution in [3.05, 3.63) is 95.1 Å². The van der Waals surface area contributed by atoms with Gasteiger partial charge in [0.05, 0.1) is 12.1 Å². The van der Waals surface area contributed by atoms with Crippen molar-refractivity contribution < 1.29 is 9.47 Å². The molecule has 1 saturated heterocycles. The first-order valence-corrected chi connectivity index (χ1v) is 11.6. The van der Waals surface area contributed by atoms with Crippen LogP contribution in [-0.4, -0.2) is 37.0 Å². The van der Waals surface area contributed by atoms with Gasteiger partial charge in [0, 0.05) is 19.3 Å². The van der Waals surface area contributed by atoms with Crippen molar-refractivity contribution in [2.24, 2.45) is 4.99 Å². The first kappa shape index (κ1) is 20.8. The zero-order valence-corrected chi connectivity index (χ0v) is 18.6. The number of rotatable bonds is 6. The fourth-order valence-electron chi connectivity index (χ4n) is 4.66. The number of aryl methyl sites for hydroxylation is 1. The molecule has 2 aliphatic heterocycles. The van der Waals surface area contributed by atoms with Gasteiger partial charge in [-0.2, -0.15) is 0 Å². The fourth-order valence-corrected chi connectivity index (χ4v) is 4.66. The van der Waals surface area contributed by atoms with Crippen LogP contribution in [0.25, 0.3) is 0 Å². The molecule has 4 nitrogen and oxygen atoms in total. The number of piperidine rings is 1. The van der Waals surface area contributed by atoms with Crippen molar-refractivity contribution >= 4 is 6.21 Å². The molecule has 0 N–H and O–H groups in total. The standard InChI is InChI=1S/C28H30N2O2/c1-2-21-8-11-24(12-9-21)28(23-6-4-3-5-7-23)30-16-14-25(15-17-30)29-19-22-10-13-26-27(18-22)32-20-31-26/h3-13,18-19,25,28H,2,14-17,20H2,1H3. The molecule has 0 radical (unpaired) electrons. The molecule has 5 rings (SSSR count). The summed E-state index contributed by atoms with van der Waals surface area (Å²) in [5.74, 6) is 1.62. The summed E-state index contributed by atoms with van der Waals surface area (Å²) in [6, 6.07) is 26.7. The van der Waals surface area contributed by atoms with Crippen LogP contribution >= 0.6 is 0 Å². The fraction of sp³-hybridized carbons (Fsp3) is 0.321. The Hall–Kier alpha value is -3.11. The molecule has 0 aromatic heterocycles. The highest BCUT2D eigenvalue weighted by atomic mass is 16.7. The normalized spacial score (nSPS) is 17.7. The summed E-state index contributed by atoms with van der Waals surface area (Å²) in [6.07, 6.45) is 5.19. The molecular formula is C28H30N2O2. The molecule has 1 unspecified atom stereocenters. The van der Waals surface area contributed by atoms with Gasteiger partial charge in [0.15, 0.2) is 11.5 Å². The van der Waals surface area contributed by atoms with E-state index in [-0.39, 0.29) is 0 Å². The van der Waals surface area contributed by atoms with Gasteiger partial charge in [-0.1, -0.05) is 61.5 Å². The Labute approximate surface area is 190 Å². The van der Waals surface area contributed by atoms with Gasteiger partial charge in [-0.15, -0.1) is 0 Å². The van der Waals surface area contributed by atoms with Crippen LogP contribution in [0.5, 0.6) is 11.5 Å². The van der Waals surface area contributed by atoms with Crippen molar-refractivity contribution in [1.29, 1.82) is 0 Å². The molecule has 1 atom stereocenters. The smallest absolute Gasteiger partial charge is 0.231 e. The number of likely N-dealkylation sites (tertiary alicyclic amines) is 1. The van der Waals surface area contributed by atoms with E-state index in [0.29, 0.717) is 18.9 Å². The summed E-state index contributed by atoms with van der Waals surface area (Å²) in [6.45, 7) is 4.59. The topological polar surface area (TPSA) is 34.1 Å². The summed E-state index contributed by atoms with van der Waals surface area (Å²) in [4.78, 5) is 7.51. The van der Waals surface area contributed by atoms with Gasteiger partial charge >= 0.3 is 0 Å². The minimum absolute atomic E-state index is 0.292. The third-order valence-electron chi connectivity index (χ3n) is 6.51. The van der Waals surface area contributed by atoms with E-state index in [1.54, 1.807) is 0 Å². The van der Waals surface area contributed by atoms with Gasteiger partial charge in [0.2, 0.25) is 6.79 Å². The minimum atomic E-state index is 0.292. The maximum Gasteiger partial charge on any atom is 0.231 e. The van der Waals surface area contributed by atoms with Gasteiger partial charge in [-0.05, 0) is 59.7 Å². The SMILES string of the molecule is CCc1ccc(C(c2ccccc2)N2CCC(N=Cc3ccc4c(c3)OCO4)CC2)cc1. The largest absolute Gasteiger partial charge is 0.454 e. The molecule has 4 heteroatoms. The number of nitrogens with zero attached hydrogens (tertiary/aromatic N) is 2. The predicted octanol–water partition coefficient (Wildman–Crippen LogP) is 5.65. The van der Waals surface area contributed by atoms with Crippen LogP contribution in [0.3, 0.4) is 0 Å². The molecule has 1 fully saturated rings. The van der Waals surface area contributed by atoms with E-state index in [0.717, 1.165) is 49.4 Å². The van der Waals surface area contributed by atoms with Crippen molar-refractivity contribution in [1.82, 2.24) is 4.90 Å². The number of hydrogen-bond donors (Lipinski definition) is 0. The Morgan fingerprint density at radius 3 is 2.38 bits per heavy atom. The molecule has 2 heterocycles. The predicted molar refractivity (Wildman–Crippen MR) is 129 cm³/mol. The van der Waals surface area contributed by atoms with E-state index in [2.05, 4.69) is 66.4 Å². The summed E-state index contributed by atoms with van der Waals surface area (Å²) in [5.41, 5.74) is 5.18. The zero-order chi connectivity index (χ0) is 21.8. The first-order valence-electron chi connectivity index (χ1n) is 11.6. The Balaban J connectivity index is 1.28. The van der Waals surface area contributed by atoms with Crippen LogP contribution < -0.4 is 9.47 Å². The second kappa shape index (κ2) is 9.58. The molecular weight excluding hydrogens is 396 g/mol. The van der Waals surface area contributed by atoms with Gasteiger partial charge in [0.1, 0.15) is 0 Å². The quantitative estimate of drug-likeness (QED) is 0.478. The first-order chi connectivity index (χ1) is 15.8. The highest BCUT2D eigenvalue weighted by Gasteiger charge is 2.27. The lowest BCUT2D eigenvalue weighted by molar-refractivity contribution is 0.174. The summed E-state index contributed by atoms with van der Waals surface area (Å²) in [5, 5.41) is 0. The molecule has 3 aromatic rings. The van der Waals surface area contributed by atoms with E-state index >= 15 is 0 Å². The van der Waals surface area contributed by atoms with Crippen molar-refractivity contribution in [3.63, 3.8) is 0 Å². The van der Waals surface area contributed by atoms with Crippen LogP contribution in [0, 0.1) is 0 Å². The molecule has 0 saturated carbocycles. The number of hydrogen-bond acceptors (Lipinski definition) is 4. The average Bonchev–Trinajstić information content (AvgIpc) is 3.33. The van der Waals surface area contributed by atoms with Crippen LogP contribution in [0.15, 0.2) is 77.8 Å². The average molecular weight is 427 g/mol. The van der Waals surface area contributed by atoms with Crippen molar-refractivity contribution in [2.45, 2.75) is 38.3 Å². The molecule has 32 heavy (non-hydrogen) atoms. The molecule has 0 spiro atoms. The number of ether oxygens (including phenoxy) is 2. The lowest BCUT2D eigenvalue weighted by atomic mass is 9.93. The highest BCUT2D eigenvalue weighted by Crippen LogP contribution is 2.33. The second-order valence-electron chi connectivity index (χ2n) is 8.57. The van der Waals surface area contributed by atoms with E-state index in [9.17, 15) is 0 Å². The van der Waals surface area contributed by atoms with Crippen molar-refractivity contribution in [2.75, 3.05) is 19.9 Å². The van der Waals surface area contributed by atoms with E-state index < -0.39 is 0 Å². The van der Waals surface area contributed by atoms with Crippen LogP contribution in [-0.2, 0) is 6.42 Å². The van der Waals surface area contributed by atoms with Gasteiger partial charge in [-0.25, -0.2) is 0 Å². The molecule has 2 aliphatic rings. The maximum absolute atomic E-state index is 5.48. The molecule has 3 aromatic carbocycles. The lowest BCUT2D eigenvalue weighted by Gasteiger charge is -2.37. The van der Waals surface area contributed by atoms with Gasteiger partial charge < -0.3 is 9.47 Å². The number of benzene rings is 3. The van der Waals surface area contributed by atoms with Crippen LogP contribution in [0.2, 0.25) is 0 Å². The number of aliphatic imine (C=N–C) groups is 1. The minimum Gasteiger partial charge on any atom is -0.454 e. The maximum atomic E-state index is 5.48. The third-order valence-corrected chi connectivity index (χ3v) is 6.51. The number of fused-ring (bicyclic) bond motifs is 1. The summed E-state index contributed by atoms with van der Waals surface area (Å²) in [7, 11) is 0. The Morgan fingerprint density at radius 1 is 0.906 bits per heavy atom. The van der Waals surface area contributed by atoms with Crippen LogP contribution in [0.1, 0.15) is 48.1 Å². The lowest BCUT2D eigenvalue weighted by Crippen LogP contribution is -2.38. The monoisotopic (exact) mass is 426 g/mol. The molecule has 0 aliphatic carbocycles. The van der Waals surface area contributed by atoms with E-state index in [4.69, 9.17) is 14.5 Å².